The van der Waals surface area contributed by atoms with Crippen LogP contribution in [0.1, 0.15) is 6.92 Å². The van der Waals surface area contributed by atoms with Crippen LogP contribution >= 0.6 is 0 Å². The Morgan fingerprint density at radius 1 is 1.44 bits per heavy atom. The van der Waals surface area contributed by atoms with Crippen molar-refractivity contribution in [2.75, 3.05) is 49.1 Å². The zero-order chi connectivity index (χ0) is 19.4. The number of hydrogen-bond acceptors (Lipinski definition) is 8. The molecule has 2 atom stereocenters. The van der Waals surface area contributed by atoms with Crippen molar-refractivity contribution in [2.24, 2.45) is 5.10 Å². The zero-order valence-electron chi connectivity index (χ0n) is 15.1. The van der Waals surface area contributed by atoms with Gasteiger partial charge in [0, 0.05) is 13.1 Å². The second kappa shape index (κ2) is 8.51. The van der Waals surface area contributed by atoms with Crippen molar-refractivity contribution < 1.29 is 24.1 Å². The fraction of sp³-hybridized carbons (Fsp3) is 0.529. The first-order valence-corrected chi connectivity index (χ1v) is 8.83. The number of benzene rings is 1. The number of nitrogens with one attached hydrogen (secondary N) is 1. The Labute approximate surface area is 156 Å². The minimum Gasteiger partial charge on any atom is -0.443 e. The molecule has 1 unspecified atom stereocenters. The maximum absolute atomic E-state index is 14.6. The third-order valence-electron chi connectivity index (χ3n) is 4.38. The average molecular weight is 381 g/mol. The molecule has 3 N–H and O–H groups in total. The van der Waals surface area contributed by atoms with Gasteiger partial charge >= 0.3 is 6.09 Å². The third-order valence-corrected chi connectivity index (χ3v) is 4.38. The summed E-state index contributed by atoms with van der Waals surface area (Å²) in [6.07, 6.45) is -0.131. The number of β-amino-alcohol motifs (C(OH)–C–C–N with tert-alkyl or cyclic N) is 1. The molecular weight excluding hydrogens is 357 g/mol. The van der Waals surface area contributed by atoms with Gasteiger partial charge in [0.1, 0.15) is 24.5 Å². The monoisotopic (exact) mass is 381 g/mol. The fourth-order valence-corrected chi connectivity index (χ4v) is 2.98. The molecule has 2 aliphatic heterocycles. The van der Waals surface area contributed by atoms with E-state index in [0.717, 1.165) is 0 Å². The van der Waals surface area contributed by atoms with E-state index in [1.807, 2.05) is 0 Å². The molecule has 1 aromatic rings. The molecule has 1 saturated heterocycles. The lowest BCUT2D eigenvalue weighted by atomic mass is 10.2. The summed E-state index contributed by atoms with van der Waals surface area (Å²) in [5.74, 6) is -0.465. The molecule has 0 spiro atoms. The molecule has 2 heterocycles. The molecule has 3 rings (SSSR count). The molecule has 148 valence electrons. The molecule has 2 aliphatic rings. The quantitative estimate of drug-likeness (QED) is 0.578. The molecule has 9 nitrogen and oxygen atoms in total. The molecular formula is C17H24FN5O4. The van der Waals surface area contributed by atoms with Crippen LogP contribution in [0, 0.1) is 5.82 Å². The van der Waals surface area contributed by atoms with Crippen molar-refractivity contribution in [3.05, 3.63) is 24.0 Å². The molecule has 0 bridgehead atoms. The van der Waals surface area contributed by atoms with Gasteiger partial charge in [0.25, 0.3) is 0 Å². The van der Waals surface area contributed by atoms with Crippen molar-refractivity contribution in [1.82, 2.24) is 10.3 Å². The maximum Gasteiger partial charge on any atom is 0.414 e. The molecule has 27 heavy (non-hydrogen) atoms. The van der Waals surface area contributed by atoms with Crippen LogP contribution in [-0.4, -0.2) is 79.3 Å². The van der Waals surface area contributed by atoms with Crippen molar-refractivity contribution in [3.8, 4) is 0 Å². The van der Waals surface area contributed by atoms with Crippen molar-refractivity contribution in [3.63, 3.8) is 0 Å². The number of ether oxygens (including phenoxy) is 1. The molecule has 10 heteroatoms. The van der Waals surface area contributed by atoms with E-state index in [1.165, 1.54) is 17.3 Å². The lowest BCUT2D eigenvalue weighted by Crippen LogP contribution is -2.39. The van der Waals surface area contributed by atoms with E-state index in [4.69, 9.17) is 9.84 Å². The molecule has 0 aliphatic carbocycles. The van der Waals surface area contributed by atoms with Gasteiger partial charge in [0.15, 0.2) is 0 Å². The lowest BCUT2D eigenvalue weighted by Gasteiger charge is -2.30. The first kappa shape index (κ1) is 19.3. The van der Waals surface area contributed by atoms with E-state index < -0.39 is 24.2 Å². The van der Waals surface area contributed by atoms with Crippen LogP contribution in [0.5, 0.6) is 0 Å². The fourth-order valence-electron chi connectivity index (χ4n) is 2.98. The molecule has 0 saturated carbocycles. The van der Waals surface area contributed by atoms with Crippen LogP contribution in [-0.2, 0) is 4.74 Å². The van der Waals surface area contributed by atoms with Crippen LogP contribution in [0.25, 0.3) is 0 Å². The SMILES string of the molecule is CC(O)NC[C@H]1CN(c2ccc(N3C=NN(CCO)CC3)c(F)c2)C(=O)O1. The number of aliphatic hydroxyl groups is 2. The Balaban J connectivity index is 1.66. The number of hydrogen-bond donors (Lipinski definition) is 3. The van der Waals surface area contributed by atoms with Crippen molar-refractivity contribution in [2.45, 2.75) is 19.3 Å². The smallest absolute Gasteiger partial charge is 0.414 e. The number of carbonyl (C=O) groups excluding carboxylic acids is 1. The minimum absolute atomic E-state index is 0.0140. The van der Waals surface area contributed by atoms with Gasteiger partial charge in [-0.3, -0.25) is 15.2 Å². The highest BCUT2D eigenvalue weighted by Crippen LogP contribution is 2.28. The second-order valence-electron chi connectivity index (χ2n) is 6.44. The van der Waals surface area contributed by atoms with E-state index in [2.05, 4.69) is 10.4 Å². The number of halogens is 1. The summed E-state index contributed by atoms with van der Waals surface area (Å²) in [6.45, 7) is 3.74. The van der Waals surface area contributed by atoms with Crippen molar-refractivity contribution in [1.29, 1.82) is 0 Å². The number of anilines is 2. The summed E-state index contributed by atoms with van der Waals surface area (Å²) in [7, 11) is 0. The van der Waals surface area contributed by atoms with E-state index in [1.54, 1.807) is 29.0 Å². The van der Waals surface area contributed by atoms with Gasteiger partial charge in [-0.15, -0.1) is 0 Å². The summed E-state index contributed by atoms with van der Waals surface area (Å²) < 4.78 is 19.9. The van der Waals surface area contributed by atoms with Gasteiger partial charge in [-0.25, -0.2) is 9.18 Å². The molecule has 1 fully saturated rings. The van der Waals surface area contributed by atoms with E-state index >= 15 is 0 Å². The normalized spacial score (nSPS) is 21.0. The van der Waals surface area contributed by atoms with Crippen LogP contribution < -0.4 is 15.1 Å². The predicted molar refractivity (Wildman–Crippen MR) is 98.2 cm³/mol. The average Bonchev–Trinajstić information content (AvgIpc) is 3.02. The highest BCUT2D eigenvalue weighted by molar-refractivity contribution is 5.90. The van der Waals surface area contributed by atoms with E-state index in [-0.39, 0.29) is 13.2 Å². The largest absolute Gasteiger partial charge is 0.443 e. The number of cyclic esters (lactones) is 1. The van der Waals surface area contributed by atoms with Crippen LogP contribution in [0.2, 0.25) is 0 Å². The zero-order valence-corrected chi connectivity index (χ0v) is 15.1. The van der Waals surface area contributed by atoms with E-state index in [9.17, 15) is 14.3 Å². The van der Waals surface area contributed by atoms with Gasteiger partial charge in [-0.1, -0.05) is 0 Å². The Morgan fingerprint density at radius 2 is 2.26 bits per heavy atom. The van der Waals surface area contributed by atoms with Crippen LogP contribution in [0.3, 0.4) is 0 Å². The molecule has 0 aromatic heterocycles. The van der Waals surface area contributed by atoms with Gasteiger partial charge in [0.2, 0.25) is 0 Å². The Morgan fingerprint density at radius 3 is 2.89 bits per heavy atom. The Kier molecular flexibility index (Phi) is 6.09. The number of carbonyl (C=O) groups is 1. The standard InChI is InChI=1S/C17H24FN5O4/c1-12(25)19-9-14-10-23(17(26)27-14)13-2-3-16(15(18)8-13)21-4-5-22(6-7-24)20-11-21/h2-3,8,11-12,14,19,24-25H,4-7,9-10H2,1H3/t12?,14-/m0/s1. The maximum atomic E-state index is 14.6. The Hall–Kier alpha value is -2.43. The predicted octanol–water partition coefficient (Wildman–Crippen LogP) is 0.136. The number of aliphatic hydroxyl groups excluding tert-OH is 2. The summed E-state index contributed by atoms with van der Waals surface area (Å²) in [5.41, 5.74) is 0.780. The molecule has 1 aromatic carbocycles. The second-order valence-corrected chi connectivity index (χ2v) is 6.44. The Bertz CT molecular complexity index is 702. The number of amides is 1. The molecule has 1 amide bonds. The lowest BCUT2D eigenvalue weighted by molar-refractivity contribution is 0.110. The minimum atomic E-state index is -0.700. The van der Waals surface area contributed by atoms with Gasteiger partial charge in [-0.05, 0) is 25.1 Å². The summed E-state index contributed by atoms with van der Waals surface area (Å²) in [4.78, 5) is 15.1. The first-order valence-electron chi connectivity index (χ1n) is 8.83. The summed E-state index contributed by atoms with van der Waals surface area (Å²) >= 11 is 0. The van der Waals surface area contributed by atoms with Gasteiger partial charge in [-0.2, -0.15) is 5.10 Å². The summed E-state index contributed by atoms with van der Waals surface area (Å²) in [5, 5.41) is 26.9. The van der Waals surface area contributed by atoms with Gasteiger partial charge < -0.3 is 19.8 Å². The number of rotatable bonds is 7. The highest BCUT2D eigenvalue weighted by Gasteiger charge is 2.32. The molecule has 0 radical (unpaired) electrons. The number of hydrazone groups is 1. The summed E-state index contributed by atoms with van der Waals surface area (Å²) in [6, 6.07) is 4.57. The highest BCUT2D eigenvalue weighted by atomic mass is 19.1. The number of nitrogens with zero attached hydrogens (tertiary/aromatic N) is 4. The van der Waals surface area contributed by atoms with Gasteiger partial charge in [0.05, 0.1) is 37.6 Å². The van der Waals surface area contributed by atoms with Crippen molar-refractivity contribution >= 4 is 23.8 Å². The third kappa shape index (κ3) is 4.65. The van der Waals surface area contributed by atoms with E-state index in [0.29, 0.717) is 37.6 Å². The topological polar surface area (TPSA) is 101 Å². The van der Waals surface area contributed by atoms with Crippen LogP contribution in [0.4, 0.5) is 20.6 Å². The first-order chi connectivity index (χ1) is 13.0. The van der Waals surface area contributed by atoms with Crippen LogP contribution in [0.15, 0.2) is 23.3 Å².